The third-order valence-corrected chi connectivity index (χ3v) is 4.26. The summed E-state index contributed by atoms with van der Waals surface area (Å²) in [6.45, 7) is 0. The van der Waals surface area contributed by atoms with Crippen molar-refractivity contribution in [1.82, 2.24) is 0 Å². The van der Waals surface area contributed by atoms with Crippen LogP contribution < -0.4 is 4.74 Å². The number of benzene rings is 2. The number of hydrogen-bond donors (Lipinski definition) is 1. The van der Waals surface area contributed by atoms with Crippen LogP contribution in [0.4, 0.5) is 0 Å². The van der Waals surface area contributed by atoms with Crippen LogP contribution in [-0.2, 0) is 5.75 Å². The minimum atomic E-state index is -0.979. The van der Waals surface area contributed by atoms with Crippen molar-refractivity contribution in [3.63, 3.8) is 0 Å². The molecule has 0 aliphatic heterocycles. The Morgan fingerprint density at radius 1 is 1.30 bits per heavy atom. The number of ether oxygens (including phenoxy) is 1. The molecular weight excluding hydrogens is 340 g/mol. The van der Waals surface area contributed by atoms with Gasteiger partial charge in [0.05, 0.1) is 7.11 Å². The summed E-state index contributed by atoms with van der Waals surface area (Å²) in [7, 11) is 1.48. The van der Waals surface area contributed by atoms with Crippen LogP contribution in [0.1, 0.15) is 15.9 Å². The predicted molar refractivity (Wildman–Crippen MR) is 83.7 cm³/mol. The molecule has 20 heavy (non-hydrogen) atoms. The van der Waals surface area contributed by atoms with Gasteiger partial charge >= 0.3 is 5.97 Å². The highest BCUT2D eigenvalue weighted by molar-refractivity contribution is 9.10. The number of carboxylic acid groups (broad SMARTS) is 1. The molecule has 0 unspecified atom stereocenters. The first-order chi connectivity index (χ1) is 9.60. The normalized spacial score (nSPS) is 10.3. The maximum Gasteiger partial charge on any atom is 0.339 e. The van der Waals surface area contributed by atoms with Gasteiger partial charge in [0.1, 0.15) is 11.3 Å². The Bertz CT molecular complexity index is 628. The van der Waals surface area contributed by atoms with Gasteiger partial charge in [-0.25, -0.2) is 4.79 Å². The lowest BCUT2D eigenvalue weighted by Gasteiger charge is -2.08. The van der Waals surface area contributed by atoms with Crippen LogP contribution in [0.5, 0.6) is 5.75 Å². The molecule has 3 nitrogen and oxygen atoms in total. The summed E-state index contributed by atoms with van der Waals surface area (Å²) in [5.41, 5.74) is 1.21. The van der Waals surface area contributed by atoms with Gasteiger partial charge in [0, 0.05) is 15.1 Å². The van der Waals surface area contributed by atoms with Crippen LogP contribution in [0.25, 0.3) is 0 Å². The molecule has 2 aromatic rings. The molecule has 0 saturated heterocycles. The smallest absolute Gasteiger partial charge is 0.339 e. The molecule has 0 heterocycles. The molecule has 0 fully saturated rings. The highest BCUT2D eigenvalue weighted by Gasteiger charge is 2.11. The molecule has 0 radical (unpaired) electrons. The number of methoxy groups -OCH3 is 1. The van der Waals surface area contributed by atoms with Gasteiger partial charge in [-0.15, -0.1) is 11.8 Å². The van der Waals surface area contributed by atoms with Crippen molar-refractivity contribution in [2.75, 3.05) is 7.11 Å². The number of thioether (sulfide) groups is 1. The van der Waals surface area contributed by atoms with Gasteiger partial charge in [0.25, 0.3) is 0 Å². The topological polar surface area (TPSA) is 46.5 Å². The molecule has 0 amide bonds. The minimum Gasteiger partial charge on any atom is -0.496 e. The summed E-state index contributed by atoms with van der Waals surface area (Å²) in [5, 5.41) is 9.04. The summed E-state index contributed by atoms with van der Waals surface area (Å²) in [6.07, 6.45) is 0. The molecule has 0 atom stereocenters. The summed E-state index contributed by atoms with van der Waals surface area (Å²) >= 11 is 5.13. The summed E-state index contributed by atoms with van der Waals surface area (Å²) in [5.74, 6) is 0.171. The maximum absolute atomic E-state index is 11.0. The second kappa shape index (κ2) is 6.81. The van der Waals surface area contributed by atoms with Crippen molar-refractivity contribution in [2.24, 2.45) is 0 Å². The van der Waals surface area contributed by atoms with Crippen LogP contribution in [-0.4, -0.2) is 18.2 Å². The van der Waals surface area contributed by atoms with Crippen molar-refractivity contribution >= 4 is 33.7 Å². The quantitative estimate of drug-likeness (QED) is 0.807. The number of hydrogen-bond acceptors (Lipinski definition) is 3. The van der Waals surface area contributed by atoms with E-state index >= 15 is 0 Å². The van der Waals surface area contributed by atoms with E-state index in [0.29, 0.717) is 5.75 Å². The fourth-order valence-corrected chi connectivity index (χ4v) is 3.17. The van der Waals surface area contributed by atoms with Crippen molar-refractivity contribution in [2.45, 2.75) is 10.6 Å². The molecule has 5 heteroatoms. The lowest BCUT2D eigenvalue weighted by atomic mass is 10.1. The van der Waals surface area contributed by atoms with Crippen LogP contribution >= 0.6 is 27.7 Å². The molecule has 1 N–H and O–H groups in total. The Hall–Kier alpha value is -1.46. The lowest BCUT2D eigenvalue weighted by molar-refractivity contribution is 0.0693. The molecule has 2 aromatic carbocycles. The third kappa shape index (κ3) is 3.77. The van der Waals surface area contributed by atoms with Crippen LogP contribution in [0, 0.1) is 0 Å². The molecule has 0 spiro atoms. The van der Waals surface area contributed by atoms with E-state index in [4.69, 9.17) is 9.84 Å². The van der Waals surface area contributed by atoms with Gasteiger partial charge in [-0.1, -0.05) is 28.1 Å². The van der Waals surface area contributed by atoms with Crippen LogP contribution in [0.2, 0.25) is 0 Å². The molecule has 0 aliphatic rings. The van der Waals surface area contributed by atoms with Crippen LogP contribution in [0.3, 0.4) is 0 Å². The number of carbonyl (C=O) groups is 1. The van der Waals surface area contributed by atoms with E-state index in [1.54, 1.807) is 23.9 Å². The number of halogens is 1. The first-order valence-corrected chi connectivity index (χ1v) is 7.66. The number of aromatic carboxylic acids is 1. The summed E-state index contributed by atoms with van der Waals surface area (Å²) in [6, 6.07) is 13.2. The fourth-order valence-electron chi connectivity index (χ4n) is 1.73. The highest BCUT2D eigenvalue weighted by Crippen LogP contribution is 2.28. The summed E-state index contributed by atoms with van der Waals surface area (Å²) < 4.78 is 6.16. The third-order valence-electron chi connectivity index (χ3n) is 2.70. The zero-order chi connectivity index (χ0) is 14.5. The average Bonchev–Trinajstić information content (AvgIpc) is 2.44. The van der Waals surface area contributed by atoms with E-state index in [0.717, 1.165) is 20.7 Å². The van der Waals surface area contributed by atoms with Crippen molar-refractivity contribution in [3.8, 4) is 5.75 Å². The Morgan fingerprint density at radius 2 is 2.10 bits per heavy atom. The molecule has 0 aromatic heterocycles. The zero-order valence-electron chi connectivity index (χ0n) is 10.8. The lowest BCUT2D eigenvalue weighted by Crippen LogP contribution is -2.00. The predicted octanol–water partition coefficient (Wildman–Crippen LogP) is 4.45. The molecule has 0 bridgehead atoms. The van der Waals surface area contributed by atoms with Crippen LogP contribution in [0.15, 0.2) is 51.8 Å². The van der Waals surface area contributed by atoms with Gasteiger partial charge in [-0.3, -0.25) is 0 Å². The van der Waals surface area contributed by atoms with Gasteiger partial charge < -0.3 is 9.84 Å². The minimum absolute atomic E-state index is 0.184. The van der Waals surface area contributed by atoms with Gasteiger partial charge in [-0.05, 0) is 35.9 Å². The van der Waals surface area contributed by atoms with Gasteiger partial charge in [0.2, 0.25) is 0 Å². The first-order valence-electron chi connectivity index (χ1n) is 5.88. The van der Waals surface area contributed by atoms with E-state index in [2.05, 4.69) is 15.9 Å². The largest absolute Gasteiger partial charge is 0.496 e. The average molecular weight is 353 g/mol. The number of carboxylic acids is 1. The van der Waals surface area contributed by atoms with E-state index in [9.17, 15) is 4.79 Å². The van der Waals surface area contributed by atoms with Gasteiger partial charge in [0.15, 0.2) is 0 Å². The van der Waals surface area contributed by atoms with E-state index in [-0.39, 0.29) is 5.56 Å². The van der Waals surface area contributed by atoms with Crippen molar-refractivity contribution < 1.29 is 14.6 Å². The Morgan fingerprint density at radius 3 is 2.75 bits per heavy atom. The molecule has 2 rings (SSSR count). The second-order valence-corrected chi connectivity index (χ2v) is 6.05. The Balaban J connectivity index is 2.12. The van der Waals surface area contributed by atoms with Crippen molar-refractivity contribution in [1.29, 1.82) is 0 Å². The summed E-state index contributed by atoms with van der Waals surface area (Å²) in [4.78, 5) is 12.2. The SMILES string of the molecule is COc1cc(CSc2cccc(Br)c2)ccc1C(=O)O. The molecule has 0 saturated carbocycles. The molecule has 104 valence electrons. The zero-order valence-corrected chi connectivity index (χ0v) is 13.2. The molecular formula is C15H13BrO3S. The second-order valence-electron chi connectivity index (χ2n) is 4.09. The van der Waals surface area contributed by atoms with E-state index in [1.807, 2.05) is 30.3 Å². The standard InChI is InChI=1S/C15H13BrO3S/c1-19-14-7-10(5-6-13(14)15(17)18)9-20-12-4-2-3-11(16)8-12/h2-8H,9H2,1H3,(H,17,18). The van der Waals surface area contributed by atoms with Crippen molar-refractivity contribution in [3.05, 3.63) is 58.1 Å². The first kappa shape index (κ1) is 14.9. The fraction of sp³-hybridized carbons (Fsp3) is 0.133. The Kier molecular flexibility index (Phi) is 5.09. The van der Waals surface area contributed by atoms with E-state index < -0.39 is 5.97 Å². The Labute approximate surface area is 130 Å². The highest BCUT2D eigenvalue weighted by atomic mass is 79.9. The van der Waals surface area contributed by atoms with Gasteiger partial charge in [-0.2, -0.15) is 0 Å². The number of rotatable bonds is 5. The molecule has 0 aliphatic carbocycles. The van der Waals surface area contributed by atoms with E-state index in [1.165, 1.54) is 7.11 Å². The maximum atomic E-state index is 11.0. The monoisotopic (exact) mass is 352 g/mol.